The molecule has 1 saturated heterocycles. The van der Waals surface area contributed by atoms with Crippen molar-refractivity contribution in [2.24, 2.45) is 5.92 Å². The molecule has 0 aliphatic carbocycles. The van der Waals surface area contributed by atoms with Gasteiger partial charge in [-0.3, -0.25) is 4.79 Å². The van der Waals surface area contributed by atoms with Crippen LogP contribution in [0.3, 0.4) is 0 Å². The van der Waals surface area contributed by atoms with Crippen LogP contribution in [-0.2, 0) is 6.18 Å². The molecule has 2 atom stereocenters. The highest BCUT2D eigenvalue weighted by atomic mass is 19.4. The van der Waals surface area contributed by atoms with Gasteiger partial charge in [0.2, 0.25) is 0 Å². The molecule has 1 amide bonds. The van der Waals surface area contributed by atoms with E-state index in [1.807, 2.05) is 31.7 Å². The van der Waals surface area contributed by atoms with Gasteiger partial charge in [0, 0.05) is 30.5 Å². The Bertz CT molecular complexity index is 1100. The summed E-state index contributed by atoms with van der Waals surface area (Å²) in [6.07, 6.45) is 0.286. The third kappa shape index (κ3) is 6.37. The number of aromatic nitrogens is 4. The van der Waals surface area contributed by atoms with Crippen molar-refractivity contribution in [3.05, 3.63) is 66.0 Å². The molecular formula is C25H31F3N6O. The molecule has 10 heteroatoms. The van der Waals surface area contributed by atoms with Crippen LogP contribution in [0.2, 0.25) is 0 Å². The first-order valence-electron chi connectivity index (χ1n) is 11.8. The molecule has 4 rings (SSSR count). The Labute approximate surface area is 203 Å². The maximum absolute atomic E-state index is 13.6. The van der Waals surface area contributed by atoms with E-state index < -0.39 is 11.7 Å². The van der Waals surface area contributed by atoms with Crippen LogP contribution < -0.4 is 5.32 Å². The minimum Gasteiger partial charge on any atom is -0.383 e. The Morgan fingerprint density at radius 1 is 1.11 bits per heavy atom. The van der Waals surface area contributed by atoms with E-state index in [9.17, 15) is 18.0 Å². The molecule has 0 spiro atoms. The molecule has 35 heavy (non-hydrogen) atoms. The first-order chi connectivity index (χ1) is 16.7. The maximum Gasteiger partial charge on any atom is 0.416 e. The summed E-state index contributed by atoms with van der Waals surface area (Å²) in [4.78, 5) is 23.9. The van der Waals surface area contributed by atoms with Gasteiger partial charge in [-0.15, -0.1) is 0 Å². The fourth-order valence-electron chi connectivity index (χ4n) is 4.04. The fraction of sp³-hybridized carbons (Fsp3) is 0.440. The van der Waals surface area contributed by atoms with Crippen molar-refractivity contribution in [2.75, 3.05) is 18.4 Å². The van der Waals surface area contributed by atoms with E-state index >= 15 is 0 Å². The Morgan fingerprint density at radius 2 is 1.83 bits per heavy atom. The molecule has 2 aromatic heterocycles. The number of benzene rings is 1. The highest BCUT2D eigenvalue weighted by Crippen LogP contribution is 2.30. The zero-order valence-electron chi connectivity index (χ0n) is 20.4. The number of rotatable bonds is 5. The summed E-state index contributed by atoms with van der Waals surface area (Å²) in [7, 11) is 0. The summed E-state index contributed by atoms with van der Waals surface area (Å²) < 4.78 is 40.0. The fourth-order valence-corrected chi connectivity index (χ4v) is 4.04. The van der Waals surface area contributed by atoms with Crippen LogP contribution in [0, 0.1) is 12.8 Å². The SMILES string of the molecule is CC.Cc1ccc(-n2cncn2)c(C(=O)N2C[C@H](C)CCC2CNc2ccc(C(F)(F)F)cc2)n1. The van der Waals surface area contributed by atoms with E-state index in [0.717, 1.165) is 25.0 Å². The quantitative estimate of drug-likeness (QED) is 0.523. The van der Waals surface area contributed by atoms with Gasteiger partial charge >= 0.3 is 6.18 Å². The van der Waals surface area contributed by atoms with Gasteiger partial charge < -0.3 is 10.2 Å². The molecule has 1 fully saturated rings. The molecule has 1 aliphatic heterocycles. The lowest BCUT2D eigenvalue weighted by Crippen LogP contribution is -2.49. The van der Waals surface area contributed by atoms with Gasteiger partial charge in [0.1, 0.15) is 12.7 Å². The number of nitrogens with zero attached hydrogens (tertiary/aromatic N) is 5. The number of carbonyl (C=O) groups excluding carboxylic acids is 1. The third-order valence-corrected chi connectivity index (χ3v) is 5.84. The summed E-state index contributed by atoms with van der Waals surface area (Å²) in [6.45, 7) is 8.92. The van der Waals surface area contributed by atoms with Gasteiger partial charge in [0.25, 0.3) is 5.91 Å². The summed E-state index contributed by atoms with van der Waals surface area (Å²) in [5.41, 5.74) is 1.45. The van der Waals surface area contributed by atoms with Crippen LogP contribution in [0.25, 0.3) is 5.69 Å². The molecule has 0 saturated carbocycles. The molecule has 1 unspecified atom stereocenters. The van der Waals surface area contributed by atoms with E-state index in [1.54, 1.807) is 6.07 Å². The lowest BCUT2D eigenvalue weighted by atomic mass is 9.93. The molecule has 0 radical (unpaired) electrons. The number of hydrogen-bond acceptors (Lipinski definition) is 5. The van der Waals surface area contributed by atoms with Crippen molar-refractivity contribution in [1.29, 1.82) is 0 Å². The standard InChI is InChI=1S/C23H25F3N6O.C2H6/c1-15-3-9-19(11-28-18-7-5-17(6-8-18)23(24,25)26)31(12-15)22(33)21-20(10-4-16(2)30-21)32-14-27-13-29-32;1-2/h4-8,10,13-15,19,28H,3,9,11-12H2,1-2H3;1-2H3/t15-,19?;/m1./s1. The largest absolute Gasteiger partial charge is 0.416 e. The van der Waals surface area contributed by atoms with E-state index in [1.165, 1.54) is 29.5 Å². The Kier molecular flexibility index (Phi) is 8.48. The topological polar surface area (TPSA) is 75.9 Å². The van der Waals surface area contributed by atoms with Gasteiger partial charge in [0.15, 0.2) is 5.69 Å². The van der Waals surface area contributed by atoms with Crippen LogP contribution in [0.4, 0.5) is 18.9 Å². The van der Waals surface area contributed by atoms with Gasteiger partial charge in [-0.2, -0.15) is 18.3 Å². The van der Waals surface area contributed by atoms with E-state index in [2.05, 4.69) is 27.3 Å². The van der Waals surface area contributed by atoms with Crippen molar-refractivity contribution in [2.45, 2.75) is 52.8 Å². The molecule has 1 aliphatic rings. The normalized spacial score (nSPS) is 18.0. The molecule has 188 valence electrons. The van der Waals surface area contributed by atoms with Crippen molar-refractivity contribution in [3.63, 3.8) is 0 Å². The van der Waals surface area contributed by atoms with Gasteiger partial charge in [-0.25, -0.2) is 14.6 Å². The Balaban J connectivity index is 0.00000167. The molecule has 0 bridgehead atoms. The average molecular weight is 489 g/mol. The smallest absolute Gasteiger partial charge is 0.383 e. The zero-order chi connectivity index (χ0) is 25.6. The maximum atomic E-state index is 13.6. The third-order valence-electron chi connectivity index (χ3n) is 5.84. The zero-order valence-corrected chi connectivity index (χ0v) is 20.4. The predicted molar refractivity (Wildman–Crippen MR) is 128 cm³/mol. The summed E-state index contributed by atoms with van der Waals surface area (Å²) in [5.74, 6) is 0.130. The number of nitrogens with one attached hydrogen (secondary N) is 1. The number of anilines is 1. The van der Waals surface area contributed by atoms with E-state index in [-0.39, 0.29) is 11.9 Å². The number of alkyl halides is 3. The van der Waals surface area contributed by atoms with E-state index in [0.29, 0.717) is 41.8 Å². The van der Waals surface area contributed by atoms with E-state index in [4.69, 9.17) is 0 Å². The second-order valence-corrected chi connectivity index (χ2v) is 8.41. The van der Waals surface area contributed by atoms with Crippen LogP contribution in [0.1, 0.15) is 55.4 Å². The number of hydrogen-bond donors (Lipinski definition) is 1. The highest BCUT2D eigenvalue weighted by Gasteiger charge is 2.33. The Morgan fingerprint density at radius 3 is 2.46 bits per heavy atom. The number of amides is 1. The lowest BCUT2D eigenvalue weighted by Gasteiger charge is -2.39. The molecule has 3 aromatic rings. The lowest BCUT2D eigenvalue weighted by molar-refractivity contribution is -0.137. The highest BCUT2D eigenvalue weighted by molar-refractivity contribution is 5.96. The average Bonchev–Trinajstić information content (AvgIpc) is 3.38. The minimum atomic E-state index is -4.37. The molecule has 1 aromatic carbocycles. The van der Waals surface area contributed by atoms with Crippen molar-refractivity contribution >= 4 is 11.6 Å². The predicted octanol–water partition coefficient (Wildman–Crippen LogP) is 5.37. The summed E-state index contributed by atoms with van der Waals surface area (Å²) in [6, 6.07) is 8.41. The van der Waals surface area contributed by atoms with Crippen LogP contribution in [0.15, 0.2) is 49.1 Å². The molecule has 3 heterocycles. The number of halogens is 3. The second-order valence-electron chi connectivity index (χ2n) is 8.41. The van der Waals surface area contributed by atoms with Crippen LogP contribution in [0.5, 0.6) is 0 Å². The van der Waals surface area contributed by atoms with Gasteiger partial charge in [0.05, 0.1) is 11.3 Å². The van der Waals surface area contributed by atoms with Crippen molar-refractivity contribution in [3.8, 4) is 5.69 Å². The first kappa shape index (κ1) is 26.2. The van der Waals surface area contributed by atoms with Crippen molar-refractivity contribution < 1.29 is 18.0 Å². The molecule has 1 N–H and O–H groups in total. The van der Waals surface area contributed by atoms with Gasteiger partial charge in [-0.05, 0) is 62.1 Å². The van der Waals surface area contributed by atoms with Crippen LogP contribution in [-0.4, -0.2) is 49.7 Å². The summed E-state index contributed by atoms with van der Waals surface area (Å²) >= 11 is 0. The number of piperidine rings is 1. The number of aryl methyl sites for hydroxylation is 1. The molecular weight excluding hydrogens is 457 g/mol. The minimum absolute atomic E-state index is 0.123. The Hall–Kier alpha value is -3.43. The first-order valence-corrected chi connectivity index (χ1v) is 11.8. The summed E-state index contributed by atoms with van der Waals surface area (Å²) in [5, 5.41) is 7.33. The second kappa shape index (κ2) is 11.3. The molecule has 7 nitrogen and oxygen atoms in total. The number of carbonyl (C=O) groups is 1. The number of likely N-dealkylation sites (tertiary alicyclic amines) is 1. The monoisotopic (exact) mass is 488 g/mol. The number of pyridine rings is 1. The van der Waals surface area contributed by atoms with Gasteiger partial charge in [-0.1, -0.05) is 20.8 Å². The van der Waals surface area contributed by atoms with Crippen molar-refractivity contribution in [1.82, 2.24) is 24.6 Å². The van der Waals surface area contributed by atoms with Crippen LogP contribution >= 0.6 is 0 Å².